The molecule has 20 heavy (non-hydrogen) atoms. The highest BCUT2D eigenvalue weighted by Gasteiger charge is 2.17. The Labute approximate surface area is 118 Å². The summed E-state index contributed by atoms with van der Waals surface area (Å²) in [6.07, 6.45) is 0. The molecule has 0 radical (unpaired) electrons. The number of primary sulfonamides is 1. The van der Waals surface area contributed by atoms with Gasteiger partial charge >= 0.3 is 5.97 Å². The minimum Gasteiger partial charge on any atom is -0.478 e. The first kappa shape index (κ1) is 14.5. The Morgan fingerprint density at radius 1 is 1.45 bits per heavy atom. The summed E-state index contributed by atoms with van der Waals surface area (Å²) in [5.41, 5.74) is -0.177. The predicted octanol–water partition coefficient (Wildman–Crippen LogP) is 0.610. The molecule has 0 saturated heterocycles. The van der Waals surface area contributed by atoms with Gasteiger partial charge in [-0.1, -0.05) is 0 Å². The van der Waals surface area contributed by atoms with E-state index in [4.69, 9.17) is 10.2 Å². The van der Waals surface area contributed by atoms with Gasteiger partial charge < -0.3 is 5.11 Å². The molecular weight excluding hydrogens is 304 g/mol. The SMILES string of the molecule is Cc1nc(Sc2ccc(S(N)(=O)=O)cc2C(=O)O)n[nH]1. The molecular formula is C10H10N4O4S2. The fraction of sp³-hybridized carbons (Fsp3) is 0.100. The Morgan fingerprint density at radius 2 is 2.15 bits per heavy atom. The number of rotatable bonds is 4. The van der Waals surface area contributed by atoms with E-state index in [1.165, 1.54) is 12.1 Å². The Balaban J connectivity index is 2.45. The lowest BCUT2D eigenvalue weighted by Gasteiger charge is -2.05. The van der Waals surface area contributed by atoms with E-state index in [1.807, 2.05) is 0 Å². The number of aryl methyl sites for hydroxylation is 1. The number of nitrogens with two attached hydrogens (primary N) is 1. The number of benzene rings is 1. The summed E-state index contributed by atoms with van der Waals surface area (Å²) in [4.78, 5) is 15.3. The van der Waals surface area contributed by atoms with Crippen LogP contribution in [-0.2, 0) is 10.0 Å². The molecule has 0 aliphatic heterocycles. The normalized spacial score (nSPS) is 11.5. The molecule has 4 N–H and O–H groups in total. The summed E-state index contributed by atoms with van der Waals surface area (Å²) >= 11 is 1.01. The third kappa shape index (κ3) is 3.15. The monoisotopic (exact) mass is 314 g/mol. The van der Waals surface area contributed by atoms with Crippen LogP contribution in [0.4, 0.5) is 0 Å². The van der Waals surface area contributed by atoms with Crippen molar-refractivity contribution in [2.24, 2.45) is 5.14 Å². The fourth-order valence-corrected chi connectivity index (χ4v) is 2.81. The van der Waals surface area contributed by atoms with Crippen LogP contribution in [0.25, 0.3) is 0 Å². The van der Waals surface area contributed by atoms with Gasteiger partial charge in [0.05, 0.1) is 10.5 Å². The molecule has 0 spiro atoms. The molecule has 0 unspecified atom stereocenters. The molecule has 0 saturated carbocycles. The summed E-state index contributed by atoms with van der Waals surface area (Å²) in [7, 11) is -3.95. The number of nitrogens with zero attached hydrogens (tertiary/aromatic N) is 2. The second-order valence-electron chi connectivity index (χ2n) is 3.81. The topological polar surface area (TPSA) is 139 Å². The zero-order valence-electron chi connectivity index (χ0n) is 10.2. The van der Waals surface area contributed by atoms with Gasteiger partial charge in [0.15, 0.2) is 0 Å². The fourth-order valence-electron chi connectivity index (χ4n) is 1.41. The van der Waals surface area contributed by atoms with Crippen molar-refractivity contribution in [1.29, 1.82) is 0 Å². The van der Waals surface area contributed by atoms with Gasteiger partial charge in [0.25, 0.3) is 0 Å². The molecule has 1 aromatic carbocycles. The van der Waals surface area contributed by atoms with Gasteiger partial charge in [-0.2, -0.15) is 0 Å². The highest BCUT2D eigenvalue weighted by atomic mass is 32.2. The van der Waals surface area contributed by atoms with Crippen molar-refractivity contribution in [2.75, 3.05) is 0 Å². The first-order chi connectivity index (χ1) is 9.27. The van der Waals surface area contributed by atoms with Gasteiger partial charge in [-0.15, -0.1) is 5.10 Å². The van der Waals surface area contributed by atoms with Gasteiger partial charge in [-0.3, -0.25) is 5.10 Å². The first-order valence-corrected chi connectivity index (χ1v) is 7.60. The standard InChI is InChI=1S/C10H10N4O4S2/c1-5-12-10(14-13-5)19-8-3-2-6(20(11,17)18)4-7(8)9(15)16/h2-4H,1H3,(H,15,16)(H2,11,17,18)(H,12,13,14). The number of aromatic carboxylic acids is 1. The third-order valence-electron chi connectivity index (χ3n) is 2.29. The molecule has 10 heteroatoms. The zero-order chi connectivity index (χ0) is 14.9. The average molecular weight is 314 g/mol. The van der Waals surface area contributed by atoms with E-state index in [0.717, 1.165) is 17.8 Å². The Bertz CT molecular complexity index is 769. The number of carboxylic acid groups (broad SMARTS) is 1. The summed E-state index contributed by atoms with van der Waals surface area (Å²) in [6.45, 7) is 1.71. The highest BCUT2D eigenvalue weighted by molar-refractivity contribution is 7.99. The number of carboxylic acids is 1. The lowest BCUT2D eigenvalue weighted by Crippen LogP contribution is -2.13. The van der Waals surface area contributed by atoms with Crippen LogP contribution in [0.2, 0.25) is 0 Å². The van der Waals surface area contributed by atoms with Crippen LogP contribution < -0.4 is 5.14 Å². The van der Waals surface area contributed by atoms with E-state index < -0.39 is 16.0 Å². The van der Waals surface area contributed by atoms with Crippen LogP contribution in [0.15, 0.2) is 33.1 Å². The predicted molar refractivity (Wildman–Crippen MR) is 70.0 cm³/mol. The second-order valence-corrected chi connectivity index (χ2v) is 6.38. The van der Waals surface area contributed by atoms with Gasteiger partial charge in [-0.05, 0) is 36.9 Å². The van der Waals surface area contributed by atoms with Crippen molar-refractivity contribution >= 4 is 27.8 Å². The Morgan fingerprint density at radius 3 is 2.65 bits per heavy atom. The Kier molecular flexibility index (Phi) is 3.79. The first-order valence-electron chi connectivity index (χ1n) is 5.24. The van der Waals surface area contributed by atoms with Crippen LogP contribution >= 0.6 is 11.8 Å². The third-order valence-corrected chi connectivity index (χ3v) is 4.14. The maximum atomic E-state index is 11.2. The quantitative estimate of drug-likeness (QED) is 0.751. The molecule has 1 aromatic heterocycles. The number of aromatic nitrogens is 3. The van der Waals surface area contributed by atoms with Gasteiger partial charge in [0.2, 0.25) is 15.2 Å². The average Bonchev–Trinajstić information content (AvgIpc) is 2.73. The summed E-state index contributed by atoms with van der Waals surface area (Å²) in [5.74, 6) is -0.671. The maximum absolute atomic E-state index is 11.2. The van der Waals surface area contributed by atoms with E-state index in [0.29, 0.717) is 15.9 Å². The van der Waals surface area contributed by atoms with Crippen LogP contribution in [-0.4, -0.2) is 34.7 Å². The molecule has 0 aliphatic rings. The lowest BCUT2D eigenvalue weighted by atomic mass is 10.2. The molecule has 0 bridgehead atoms. The van der Waals surface area contributed by atoms with Crippen LogP contribution in [0.5, 0.6) is 0 Å². The molecule has 0 aliphatic carbocycles. The second kappa shape index (κ2) is 5.23. The molecule has 0 atom stereocenters. The largest absolute Gasteiger partial charge is 0.478 e. The number of carbonyl (C=O) groups is 1. The van der Waals surface area contributed by atoms with Crippen molar-refractivity contribution in [3.63, 3.8) is 0 Å². The molecule has 106 valence electrons. The van der Waals surface area contributed by atoms with Crippen molar-refractivity contribution in [1.82, 2.24) is 15.2 Å². The molecule has 2 rings (SSSR count). The number of H-pyrrole nitrogens is 1. The number of aromatic amines is 1. The zero-order valence-corrected chi connectivity index (χ0v) is 11.8. The number of hydrogen-bond acceptors (Lipinski definition) is 6. The molecule has 0 amide bonds. The van der Waals surface area contributed by atoms with Crippen LogP contribution in [0.1, 0.15) is 16.2 Å². The van der Waals surface area contributed by atoms with Crippen molar-refractivity contribution in [2.45, 2.75) is 21.9 Å². The van der Waals surface area contributed by atoms with E-state index in [-0.39, 0.29) is 10.5 Å². The maximum Gasteiger partial charge on any atom is 0.336 e. The smallest absolute Gasteiger partial charge is 0.336 e. The minimum atomic E-state index is -3.95. The van der Waals surface area contributed by atoms with Crippen LogP contribution in [0, 0.1) is 6.92 Å². The number of nitrogens with one attached hydrogen (secondary N) is 1. The number of hydrogen-bond donors (Lipinski definition) is 3. The highest BCUT2D eigenvalue weighted by Crippen LogP contribution is 2.29. The Hall–Kier alpha value is -1.91. The van der Waals surface area contributed by atoms with Gasteiger partial charge in [0.1, 0.15) is 5.82 Å². The molecule has 8 nitrogen and oxygen atoms in total. The van der Waals surface area contributed by atoms with Gasteiger partial charge in [0, 0.05) is 4.90 Å². The van der Waals surface area contributed by atoms with E-state index in [1.54, 1.807) is 6.92 Å². The molecule has 0 fully saturated rings. The lowest BCUT2D eigenvalue weighted by molar-refractivity contribution is 0.0693. The van der Waals surface area contributed by atoms with E-state index >= 15 is 0 Å². The van der Waals surface area contributed by atoms with Gasteiger partial charge in [-0.25, -0.2) is 23.3 Å². The van der Waals surface area contributed by atoms with E-state index in [9.17, 15) is 13.2 Å². The summed E-state index contributed by atoms with van der Waals surface area (Å²) in [6, 6.07) is 3.61. The minimum absolute atomic E-state index is 0.177. The molecule has 2 aromatic rings. The van der Waals surface area contributed by atoms with Crippen molar-refractivity contribution in [3.8, 4) is 0 Å². The molecule has 1 heterocycles. The van der Waals surface area contributed by atoms with Crippen LogP contribution in [0.3, 0.4) is 0 Å². The summed E-state index contributed by atoms with van der Waals surface area (Å²) in [5, 5.41) is 21.0. The van der Waals surface area contributed by atoms with Crippen molar-refractivity contribution in [3.05, 3.63) is 29.6 Å². The summed E-state index contributed by atoms with van der Waals surface area (Å²) < 4.78 is 22.5. The number of sulfonamides is 1. The van der Waals surface area contributed by atoms with Crippen molar-refractivity contribution < 1.29 is 18.3 Å². The van der Waals surface area contributed by atoms with E-state index in [2.05, 4.69) is 15.2 Å².